The zero-order valence-electron chi connectivity index (χ0n) is 14.7. The highest BCUT2D eigenvalue weighted by Crippen LogP contribution is 2.35. The van der Waals surface area contributed by atoms with Crippen molar-refractivity contribution in [2.24, 2.45) is 0 Å². The van der Waals surface area contributed by atoms with Gasteiger partial charge in [0.05, 0.1) is 0 Å². The van der Waals surface area contributed by atoms with Crippen LogP contribution in [0.1, 0.15) is 67.2 Å². The molecule has 0 spiro atoms. The molecule has 122 valence electrons. The van der Waals surface area contributed by atoms with Crippen LogP contribution >= 0.6 is 23.2 Å². The average Bonchev–Trinajstić information content (AvgIpc) is 2.27. The van der Waals surface area contributed by atoms with Gasteiger partial charge in [-0.25, -0.2) is 0 Å². The van der Waals surface area contributed by atoms with Crippen LogP contribution in [0.5, 0.6) is 0 Å². The Morgan fingerprint density at radius 3 is 1.60 bits per heavy atom. The summed E-state index contributed by atoms with van der Waals surface area (Å²) in [6.07, 6.45) is 4.49. The average molecular weight is 325 g/mol. The summed E-state index contributed by atoms with van der Waals surface area (Å²) < 4.78 is -0.877. The molecular formula is C16H34Cl2N2. The summed E-state index contributed by atoms with van der Waals surface area (Å²) in [5.41, 5.74) is 0.105. The van der Waals surface area contributed by atoms with E-state index in [0.29, 0.717) is 6.54 Å². The topological polar surface area (TPSA) is 6.48 Å². The minimum absolute atomic E-state index is 0.00596. The number of likely N-dealkylation sites (N-methyl/N-ethyl adjacent to an activating group) is 2. The van der Waals surface area contributed by atoms with E-state index in [1.807, 2.05) is 7.05 Å². The molecule has 0 unspecified atom stereocenters. The molecule has 0 rings (SSSR count). The highest BCUT2D eigenvalue weighted by Gasteiger charge is 2.41. The molecule has 0 heterocycles. The van der Waals surface area contributed by atoms with Gasteiger partial charge in [0.15, 0.2) is 4.46 Å². The normalized spacial score (nSPS) is 14.4. The molecule has 0 aromatic heterocycles. The predicted molar refractivity (Wildman–Crippen MR) is 92.8 cm³/mol. The van der Waals surface area contributed by atoms with Gasteiger partial charge in [0, 0.05) is 17.6 Å². The smallest absolute Gasteiger partial charge is 0.184 e. The van der Waals surface area contributed by atoms with Crippen LogP contribution in [-0.4, -0.2) is 46.0 Å². The van der Waals surface area contributed by atoms with Crippen molar-refractivity contribution < 1.29 is 0 Å². The lowest BCUT2D eigenvalue weighted by molar-refractivity contribution is 0.0579. The number of alkyl halides is 2. The first kappa shape index (κ1) is 20.5. The van der Waals surface area contributed by atoms with E-state index in [1.165, 1.54) is 0 Å². The molecule has 0 atom stereocenters. The number of hydrogen-bond acceptors (Lipinski definition) is 2. The Morgan fingerprint density at radius 1 is 0.800 bits per heavy atom. The van der Waals surface area contributed by atoms with Crippen molar-refractivity contribution in [1.82, 2.24) is 9.80 Å². The maximum Gasteiger partial charge on any atom is 0.184 e. The van der Waals surface area contributed by atoms with Gasteiger partial charge in [-0.05, 0) is 54.6 Å². The van der Waals surface area contributed by atoms with Gasteiger partial charge in [0.2, 0.25) is 0 Å². The second-order valence-electron chi connectivity index (χ2n) is 7.21. The van der Waals surface area contributed by atoms with E-state index in [1.54, 1.807) is 0 Å². The molecule has 0 aromatic carbocycles. The fraction of sp³-hybridized carbons (Fsp3) is 1.00. The molecule has 0 saturated carbocycles. The van der Waals surface area contributed by atoms with E-state index in [2.05, 4.69) is 58.4 Å². The van der Waals surface area contributed by atoms with E-state index in [-0.39, 0.29) is 11.1 Å². The molecule has 0 aliphatic heterocycles. The fourth-order valence-corrected chi connectivity index (χ4v) is 3.45. The van der Waals surface area contributed by atoms with Crippen molar-refractivity contribution in [2.45, 2.75) is 82.8 Å². The van der Waals surface area contributed by atoms with Gasteiger partial charge >= 0.3 is 0 Å². The Morgan fingerprint density at radius 2 is 1.20 bits per heavy atom. The second kappa shape index (κ2) is 7.67. The maximum atomic E-state index is 6.66. The van der Waals surface area contributed by atoms with Gasteiger partial charge in [-0.15, -0.1) is 0 Å². The Balaban J connectivity index is 4.89. The largest absolute Gasteiger partial charge is 0.297 e. The third-order valence-corrected chi connectivity index (χ3v) is 5.33. The third kappa shape index (κ3) is 5.71. The van der Waals surface area contributed by atoms with E-state index in [0.717, 1.165) is 25.7 Å². The van der Waals surface area contributed by atoms with E-state index < -0.39 is 4.46 Å². The van der Waals surface area contributed by atoms with E-state index in [9.17, 15) is 0 Å². The predicted octanol–water partition coefficient (Wildman–Crippen LogP) is 5.14. The minimum Gasteiger partial charge on any atom is -0.297 e. The van der Waals surface area contributed by atoms with Gasteiger partial charge in [-0.1, -0.05) is 49.9 Å². The molecule has 0 aromatic rings. The molecule has 0 aliphatic carbocycles. The molecule has 0 N–H and O–H groups in total. The third-order valence-electron chi connectivity index (χ3n) is 4.58. The number of halogens is 2. The van der Waals surface area contributed by atoms with Gasteiger partial charge in [-0.2, -0.15) is 0 Å². The van der Waals surface area contributed by atoms with E-state index >= 15 is 0 Å². The van der Waals surface area contributed by atoms with Crippen molar-refractivity contribution in [3.63, 3.8) is 0 Å². The minimum atomic E-state index is -0.877. The molecule has 0 bridgehead atoms. The molecule has 20 heavy (non-hydrogen) atoms. The Bertz CT molecular complexity index is 288. The first-order valence-corrected chi connectivity index (χ1v) is 8.49. The molecule has 0 amide bonds. The second-order valence-corrected chi connectivity index (χ2v) is 8.65. The van der Waals surface area contributed by atoms with Gasteiger partial charge < -0.3 is 0 Å². The summed E-state index contributed by atoms with van der Waals surface area (Å²) in [5.74, 6) is 0. The lowest BCUT2D eigenvalue weighted by Crippen LogP contribution is -2.57. The zero-order valence-corrected chi connectivity index (χ0v) is 16.2. The van der Waals surface area contributed by atoms with Crippen molar-refractivity contribution in [2.75, 3.05) is 20.6 Å². The zero-order chi connectivity index (χ0) is 16.2. The summed E-state index contributed by atoms with van der Waals surface area (Å²) in [4.78, 5) is 4.38. The van der Waals surface area contributed by atoms with Crippen molar-refractivity contribution in [1.29, 1.82) is 0 Å². The molecule has 0 radical (unpaired) electrons. The van der Waals surface area contributed by atoms with Crippen LogP contribution in [0.25, 0.3) is 0 Å². The van der Waals surface area contributed by atoms with Crippen LogP contribution in [0.4, 0.5) is 0 Å². The van der Waals surface area contributed by atoms with Crippen LogP contribution in [0.3, 0.4) is 0 Å². The molecule has 0 fully saturated rings. The summed E-state index contributed by atoms with van der Waals surface area (Å²) >= 11 is 13.3. The lowest BCUT2D eigenvalue weighted by atomic mass is 9.95. The van der Waals surface area contributed by atoms with Crippen molar-refractivity contribution >= 4 is 23.2 Å². The van der Waals surface area contributed by atoms with Crippen molar-refractivity contribution in [3.05, 3.63) is 0 Å². The Kier molecular flexibility index (Phi) is 7.86. The quantitative estimate of drug-likeness (QED) is 0.428. The van der Waals surface area contributed by atoms with Crippen LogP contribution in [0.2, 0.25) is 0 Å². The fourth-order valence-electron chi connectivity index (χ4n) is 2.63. The van der Waals surface area contributed by atoms with Gasteiger partial charge in [0.25, 0.3) is 0 Å². The highest BCUT2D eigenvalue weighted by molar-refractivity contribution is 6.48. The summed E-state index contributed by atoms with van der Waals surface area (Å²) in [6.45, 7) is 13.9. The van der Waals surface area contributed by atoms with Crippen molar-refractivity contribution in [3.8, 4) is 0 Å². The number of rotatable bonds is 9. The molecule has 0 saturated heterocycles. The van der Waals surface area contributed by atoms with Crippen LogP contribution in [-0.2, 0) is 0 Å². The first-order valence-electron chi connectivity index (χ1n) is 7.73. The SMILES string of the molecule is CCCC(C)(C)N(C)CC(Cl)(Cl)N(C)C(C)(C)CCC. The molecule has 4 heteroatoms. The van der Waals surface area contributed by atoms with Crippen LogP contribution < -0.4 is 0 Å². The number of hydrogen-bond donors (Lipinski definition) is 0. The summed E-state index contributed by atoms with van der Waals surface area (Å²) in [6, 6.07) is 0. The summed E-state index contributed by atoms with van der Waals surface area (Å²) in [5, 5.41) is 0. The van der Waals surface area contributed by atoms with Gasteiger partial charge in [-0.3, -0.25) is 9.80 Å². The monoisotopic (exact) mass is 324 g/mol. The van der Waals surface area contributed by atoms with Gasteiger partial charge in [0.1, 0.15) is 0 Å². The molecule has 0 aliphatic rings. The molecule has 2 nitrogen and oxygen atoms in total. The highest BCUT2D eigenvalue weighted by atomic mass is 35.5. The lowest BCUT2D eigenvalue weighted by Gasteiger charge is -2.47. The standard InChI is InChI=1S/C16H34Cl2N2/c1-9-11-14(3,4)19(7)13-16(17,18)20(8)15(5,6)12-10-2/h9-13H2,1-8H3. The number of nitrogens with zero attached hydrogens (tertiary/aromatic N) is 2. The van der Waals surface area contributed by atoms with E-state index in [4.69, 9.17) is 23.2 Å². The Hall–Kier alpha value is 0.500. The Labute approximate surface area is 136 Å². The van der Waals surface area contributed by atoms with Crippen LogP contribution in [0.15, 0.2) is 0 Å². The summed E-state index contributed by atoms with van der Waals surface area (Å²) in [7, 11) is 4.13. The maximum absolute atomic E-state index is 6.66. The van der Waals surface area contributed by atoms with Crippen LogP contribution in [0, 0.1) is 0 Å². The first-order chi connectivity index (χ1) is 8.90. The molecular weight excluding hydrogens is 291 g/mol.